The highest BCUT2D eigenvalue weighted by Gasteiger charge is 2.57. The first-order valence-corrected chi connectivity index (χ1v) is 8.87. The van der Waals surface area contributed by atoms with Crippen LogP contribution < -0.4 is 0 Å². The van der Waals surface area contributed by atoms with Gasteiger partial charge in [-0.25, -0.2) is 0 Å². The van der Waals surface area contributed by atoms with E-state index >= 15 is 0 Å². The quantitative estimate of drug-likeness (QED) is 0.852. The molecule has 1 aromatic heterocycles. The third-order valence-electron chi connectivity index (χ3n) is 5.84. The molecule has 0 aromatic carbocycles. The van der Waals surface area contributed by atoms with Gasteiger partial charge in [-0.1, -0.05) is 0 Å². The van der Waals surface area contributed by atoms with Crippen LogP contribution in [0.5, 0.6) is 0 Å². The first kappa shape index (κ1) is 16.0. The Labute approximate surface area is 143 Å². The lowest BCUT2D eigenvalue weighted by molar-refractivity contribution is -0.115. The van der Waals surface area contributed by atoms with Crippen LogP contribution in [-0.2, 0) is 0 Å². The molecule has 0 bridgehead atoms. The number of carbonyl (C=O) groups is 1. The van der Waals surface area contributed by atoms with Crippen molar-refractivity contribution in [1.82, 2.24) is 19.7 Å². The zero-order valence-electron chi connectivity index (χ0n) is 14.4. The van der Waals surface area contributed by atoms with Gasteiger partial charge in [-0.05, 0) is 32.4 Å². The SMILES string of the molecule is CC(C)N1CC2(CN(C(=O)c3cccnc3)C[C@@H]3C[C@@H](O)CN32)C1. The molecule has 2 atom stereocenters. The smallest absolute Gasteiger partial charge is 0.255 e. The molecule has 4 heterocycles. The number of hydrogen-bond donors (Lipinski definition) is 1. The van der Waals surface area contributed by atoms with E-state index in [9.17, 15) is 9.90 Å². The Kier molecular flexibility index (Phi) is 3.86. The fraction of sp³-hybridized carbons (Fsp3) is 0.667. The van der Waals surface area contributed by atoms with Crippen molar-refractivity contribution in [2.75, 3.05) is 32.7 Å². The molecule has 3 aliphatic heterocycles. The maximum atomic E-state index is 12.9. The van der Waals surface area contributed by atoms with Crippen molar-refractivity contribution in [3.63, 3.8) is 0 Å². The summed E-state index contributed by atoms with van der Waals surface area (Å²) in [6.45, 7) is 8.57. The largest absolute Gasteiger partial charge is 0.392 e. The molecule has 0 aliphatic carbocycles. The number of piperazine rings is 1. The number of aromatic nitrogens is 1. The van der Waals surface area contributed by atoms with E-state index in [0.29, 0.717) is 18.2 Å². The predicted molar refractivity (Wildman–Crippen MR) is 90.7 cm³/mol. The van der Waals surface area contributed by atoms with Crippen LogP contribution in [0.15, 0.2) is 24.5 Å². The van der Waals surface area contributed by atoms with Gasteiger partial charge in [-0.3, -0.25) is 19.6 Å². The minimum Gasteiger partial charge on any atom is -0.392 e. The molecule has 0 radical (unpaired) electrons. The molecule has 3 saturated heterocycles. The van der Waals surface area contributed by atoms with Gasteiger partial charge in [0.15, 0.2) is 0 Å². The van der Waals surface area contributed by atoms with Crippen LogP contribution in [0.1, 0.15) is 30.6 Å². The van der Waals surface area contributed by atoms with Crippen LogP contribution in [0.3, 0.4) is 0 Å². The van der Waals surface area contributed by atoms with Crippen molar-refractivity contribution in [3.05, 3.63) is 30.1 Å². The average molecular weight is 330 g/mol. The van der Waals surface area contributed by atoms with Crippen LogP contribution >= 0.6 is 0 Å². The first-order chi connectivity index (χ1) is 11.5. The Hall–Kier alpha value is -1.50. The summed E-state index contributed by atoms with van der Waals surface area (Å²) in [4.78, 5) is 23.9. The fourth-order valence-electron chi connectivity index (χ4n) is 4.59. The molecule has 24 heavy (non-hydrogen) atoms. The molecular formula is C18H26N4O2. The van der Waals surface area contributed by atoms with E-state index < -0.39 is 0 Å². The molecule has 0 saturated carbocycles. The summed E-state index contributed by atoms with van der Waals surface area (Å²) >= 11 is 0. The molecule has 130 valence electrons. The number of amides is 1. The third-order valence-corrected chi connectivity index (χ3v) is 5.84. The van der Waals surface area contributed by atoms with Crippen LogP contribution in [0.2, 0.25) is 0 Å². The maximum absolute atomic E-state index is 12.9. The second-order valence-electron chi connectivity index (χ2n) is 7.85. The van der Waals surface area contributed by atoms with E-state index in [1.807, 2.05) is 17.0 Å². The average Bonchev–Trinajstić information content (AvgIpc) is 2.92. The van der Waals surface area contributed by atoms with Gasteiger partial charge in [0.1, 0.15) is 0 Å². The lowest BCUT2D eigenvalue weighted by Gasteiger charge is -2.62. The highest BCUT2D eigenvalue weighted by atomic mass is 16.3. The molecule has 1 aromatic rings. The predicted octanol–water partition coefficient (Wildman–Crippen LogP) is 0.435. The van der Waals surface area contributed by atoms with Crippen LogP contribution in [0, 0.1) is 0 Å². The summed E-state index contributed by atoms with van der Waals surface area (Å²) in [5, 5.41) is 10.2. The lowest BCUT2D eigenvalue weighted by Crippen LogP contribution is -2.79. The Morgan fingerprint density at radius 1 is 1.33 bits per heavy atom. The Morgan fingerprint density at radius 3 is 2.79 bits per heavy atom. The summed E-state index contributed by atoms with van der Waals surface area (Å²) in [5.41, 5.74) is 0.655. The molecule has 6 nitrogen and oxygen atoms in total. The summed E-state index contributed by atoms with van der Waals surface area (Å²) < 4.78 is 0. The van der Waals surface area contributed by atoms with Crippen molar-refractivity contribution < 1.29 is 9.90 Å². The maximum Gasteiger partial charge on any atom is 0.255 e. The monoisotopic (exact) mass is 330 g/mol. The Bertz CT molecular complexity index is 615. The lowest BCUT2D eigenvalue weighted by atomic mass is 9.82. The van der Waals surface area contributed by atoms with E-state index in [0.717, 1.165) is 32.6 Å². The van der Waals surface area contributed by atoms with Gasteiger partial charge in [-0.15, -0.1) is 0 Å². The minimum atomic E-state index is -0.270. The van der Waals surface area contributed by atoms with Crippen LogP contribution in [-0.4, -0.2) is 87.1 Å². The van der Waals surface area contributed by atoms with E-state index in [1.54, 1.807) is 12.4 Å². The first-order valence-electron chi connectivity index (χ1n) is 8.87. The minimum absolute atomic E-state index is 0.00252. The second kappa shape index (κ2) is 5.79. The number of carbonyl (C=O) groups excluding carboxylic acids is 1. The number of likely N-dealkylation sites (tertiary alicyclic amines) is 1. The molecule has 3 aliphatic rings. The number of pyridine rings is 1. The van der Waals surface area contributed by atoms with Crippen molar-refractivity contribution in [3.8, 4) is 0 Å². The van der Waals surface area contributed by atoms with Crippen molar-refractivity contribution in [2.24, 2.45) is 0 Å². The van der Waals surface area contributed by atoms with E-state index in [2.05, 4.69) is 28.6 Å². The summed E-state index contributed by atoms with van der Waals surface area (Å²) in [7, 11) is 0. The Morgan fingerprint density at radius 2 is 2.12 bits per heavy atom. The zero-order valence-corrected chi connectivity index (χ0v) is 14.4. The van der Waals surface area contributed by atoms with E-state index in [1.165, 1.54) is 0 Å². The standard InChI is InChI=1S/C18H26N4O2/c1-13(2)21-11-18(12-21)10-20(8-15-6-16(23)9-22(15)18)17(24)14-4-3-5-19-7-14/h3-5,7,13,15-16,23H,6,8-12H2,1-2H3/t15-,16+/m0/s1. The van der Waals surface area contributed by atoms with Crippen LogP contribution in [0.4, 0.5) is 0 Å². The van der Waals surface area contributed by atoms with Gasteiger partial charge in [0.2, 0.25) is 0 Å². The molecule has 3 fully saturated rings. The number of nitrogens with zero attached hydrogens (tertiary/aromatic N) is 4. The third kappa shape index (κ3) is 2.53. The summed E-state index contributed by atoms with van der Waals surface area (Å²) in [6.07, 6.45) is 3.83. The number of fused-ring (bicyclic) bond motifs is 2. The van der Waals surface area contributed by atoms with Gasteiger partial charge >= 0.3 is 0 Å². The molecule has 6 heteroatoms. The highest BCUT2D eigenvalue weighted by molar-refractivity contribution is 5.94. The number of rotatable bonds is 2. The van der Waals surface area contributed by atoms with Gasteiger partial charge in [-0.2, -0.15) is 0 Å². The number of hydrogen-bond acceptors (Lipinski definition) is 5. The molecule has 1 spiro atoms. The van der Waals surface area contributed by atoms with E-state index in [4.69, 9.17) is 0 Å². The fourth-order valence-corrected chi connectivity index (χ4v) is 4.59. The molecule has 1 N–H and O–H groups in total. The number of aliphatic hydroxyl groups excluding tert-OH is 1. The molecule has 4 rings (SSSR count). The second-order valence-corrected chi connectivity index (χ2v) is 7.85. The highest BCUT2D eigenvalue weighted by Crippen LogP contribution is 2.39. The normalized spacial score (nSPS) is 29.8. The van der Waals surface area contributed by atoms with Gasteiger partial charge in [0.25, 0.3) is 5.91 Å². The molecule has 0 unspecified atom stereocenters. The topological polar surface area (TPSA) is 59.9 Å². The van der Waals surface area contributed by atoms with Gasteiger partial charge in [0.05, 0.1) is 17.2 Å². The number of β-amino-alcohol motifs (C(OH)–C–C–N with tert-alkyl or cyclic N) is 1. The van der Waals surface area contributed by atoms with Crippen molar-refractivity contribution in [2.45, 2.75) is 44.0 Å². The molecular weight excluding hydrogens is 304 g/mol. The van der Waals surface area contributed by atoms with Crippen molar-refractivity contribution >= 4 is 5.91 Å². The van der Waals surface area contributed by atoms with E-state index in [-0.39, 0.29) is 23.6 Å². The van der Waals surface area contributed by atoms with Gasteiger partial charge in [0, 0.05) is 57.2 Å². The summed E-state index contributed by atoms with van der Waals surface area (Å²) in [5.74, 6) is 0.0616. The van der Waals surface area contributed by atoms with Crippen molar-refractivity contribution in [1.29, 1.82) is 0 Å². The summed E-state index contributed by atoms with van der Waals surface area (Å²) in [6, 6.07) is 4.43. The van der Waals surface area contributed by atoms with Crippen LogP contribution in [0.25, 0.3) is 0 Å². The Balaban J connectivity index is 1.57. The zero-order chi connectivity index (χ0) is 16.9. The number of aliphatic hydroxyl groups is 1. The molecule has 1 amide bonds. The van der Waals surface area contributed by atoms with Gasteiger partial charge < -0.3 is 10.0 Å².